The summed E-state index contributed by atoms with van der Waals surface area (Å²) in [7, 11) is 0. The number of hydrogen-bond donors (Lipinski definition) is 3. The van der Waals surface area contributed by atoms with Crippen LogP contribution in [0.1, 0.15) is 55.2 Å². The average molecular weight is 369 g/mol. The van der Waals surface area contributed by atoms with Crippen molar-refractivity contribution in [3.63, 3.8) is 0 Å². The molecule has 0 aliphatic heterocycles. The minimum atomic E-state index is -0.484. The molecule has 144 valence electrons. The first-order valence-corrected chi connectivity index (χ1v) is 9.40. The molecule has 2 rings (SSSR count). The van der Waals surface area contributed by atoms with Gasteiger partial charge in [-0.05, 0) is 56.0 Å². The highest BCUT2D eigenvalue weighted by molar-refractivity contribution is 5.95. The maximum absolute atomic E-state index is 12.4. The van der Waals surface area contributed by atoms with Crippen LogP contribution in [-0.4, -0.2) is 17.9 Å². The summed E-state index contributed by atoms with van der Waals surface area (Å²) < 4.78 is 0. The SMILES string of the molecule is CC(C)Cc1ccc([C@@H](C)[NH2+][C@@H](C)C(=O)Nc2ccc(C(N)=O)cc2)cc1. The molecule has 2 aromatic rings. The van der Waals surface area contributed by atoms with E-state index >= 15 is 0 Å². The van der Waals surface area contributed by atoms with Gasteiger partial charge in [-0.1, -0.05) is 38.1 Å². The zero-order chi connectivity index (χ0) is 20.0. The highest BCUT2D eigenvalue weighted by Crippen LogP contribution is 2.14. The molecular formula is C22H30N3O2+. The van der Waals surface area contributed by atoms with Crippen LogP contribution in [0.15, 0.2) is 48.5 Å². The summed E-state index contributed by atoms with van der Waals surface area (Å²) in [6.45, 7) is 8.41. The summed E-state index contributed by atoms with van der Waals surface area (Å²) in [5, 5.41) is 4.92. The lowest BCUT2D eigenvalue weighted by atomic mass is 9.99. The molecule has 0 bridgehead atoms. The van der Waals surface area contributed by atoms with Crippen molar-refractivity contribution in [3.05, 3.63) is 65.2 Å². The van der Waals surface area contributed by atoms with E-state index in [0.717, 1.165) is 6.42 Å². The Morgan fingerprint density at radius 3 is 2.07 bits per heavy atom. The Morgan fingerprint density at radius 2 is 1.56 bits per heavy atom. The number of nitrogens with two attached hydrogens (primary N) is 2. The van der Waals surface area contributed by atoms with E-state index in [9.17, 15) is 9.59 Å². The molecule has 0 heterocycles. The summed E-state index contributed by atoms with van der Waals surface area (Å²) in [5.41, 5.74) is 8.83. The van der Waals surface area contributed by atoms with Crippen molar-refractivity contribution in [2.24, 2.45) is 11.7 Å². The first kappa shape index (κ1) is 20.6. The van der Waals surface area contributed by atoms with Crippen LogP contribution < -0.4 is 16.4 Å². The second-order valence-corrected chi connectivity index (χ2v) is 7.54. The van der Waals surface area contributed by atoms with Gasteiger partial charge in [-0.3, -0.25) is 9.59 Å². The van der Waals surface area contributed by atoms with Crippen LogP contribution in [0.2, 0.25) is 0 Å². The Balaban J connectivity index is 1.91. The predicted octanol–water partition coefficient (Wildman–Crippen LogP) is 2.64. The molecule has 27 heavy (non-hydrogen) atoms. The Labute approximate surface area is 161 Å². The summed E-state index contributed by atoms with van der Waals surface area (Å²) in [4.78, 5) is 23.5. The molecule has 5 nitrogen and oxygen atoms in total. The lowest BCUT2D eigenvalue weighted by molar-refractivity contribution is -0.709. The van der Waals surface area contributed by atoms with Crippen LogP contribution in [0, 0.1) is 5.92 Å². The molecule has 2 atom stereocenters. The van der Waals surface area contributed by atoms with Gasteiger partial charge in [0.15, 0.2) is 6.04 Å². The van der Waals surface area contributed by atoms with Crippen LogP contribution in [-0.2, 0) is 11.2 Å². The lowest BCUT2D eigenvalue weighted by Crippen LogP contribution is -2.91. The molecule has 0 spiro atoms. The van der Waals surface area contributed by atoms with Crippen molar-refractivity contribution in [3.8, 4) is 0 Å². The molecule has 0 aliphatic carbocycles. The van der Waals surface area contributed by atoms with Crippen LogP contribution in [0.3, 0.4) is 0 Å². The van der Waals surface area contributed by atoms with E-state index in [1.54, 1.807) is 24.3 Å². The Hall–Kier alpha value is -2.66. The maximum atomic E-state index is 12.4. The van der Waals surface area contributed by atoms with E-state index in [4.69, 9.17) is 5.73 Å². The van der Waals surface area contributed by atoms with E-state index in [2.05, 4.69) is 50.4 Å². The number of carbonyl (C=O) groups excluding carboxylic acids is 2. The number of anilines is 1. The van der Waals surface area contributed by atoms with E-state index in [-0.39, 0.29) is 18.0 Å². The van der Waals surface area contributed by atoms with Crippen molar-refractivity contribution in [1.29, 1.82) is 0 Å². The van der Waals surface area contributed by atoms with E-state index in [1.807, 2.05) is 12.2 Å². The molecule has 0 aliphatic rings. The van der Waals surface area contributed by atoms with Crippen molar-refractivity contribution >= 4 is 17.5 Å². The second kappa shape index (κ2) is 9.33. The highest BCUT2D eigenvalue weighted by Gasteiger charge is 2.20. The maximum Gasteiger partial charge on any atom is 0.282 e. The molecule has 2 aromatic carbocycles. The van der Waals surface area contributed by atoms with Gasteiger partial charge in [0.2, 0.25) is 5.91 Å². The Bertz CT molecular complexity index is 767. The van der Waals surface area contributed by atoms with E-state index in [0.29, 0.717) is 17.2 Å². The average Bonchev–Trinajstić information content (AvgIpc) is 2.62. The molecule has 0 saturated carbocycles. The monoisotopic (exact) mass is 368 g/mol. The zero-order valence-electron chi connectivity index (χ0n) is 16.5. The first-order valence-electron chi connectivity index (χ1n) is 9.40. The number of primary amides is 1. The van der Waals surface area contributed by atoms with Crippen LogP contribution in [0.5, 0.6) is 0 Å². The van der Waals surface area contributed by atoms with Gasteiger partial charge in [0.05, 0.1) is 0 Å². The van der Waals surface area contributed by atoms with Crippen LogP contribution in [0.25, 0.3) is 0 Å². The summed E-state index contributed by atoms with van der Waals surface area (Å²) in [6, 6.07) is 15.1. The Kier molecular flexibility index (Phi) is 7.13. The third kappa shape index (κ3) is 6.22. The van der Waals surface area contributed by atoms with Gasteiger partial charge in [0, 0.05) is 16.8 Å². The number of quaternary nitrogens is 1. The number of hydrogen-bond acceptors (Lipinski definition) is 2. The summed E-state index contributed by atoms with van der Waals surface area (Å²) in [5.74, 6) is 0.0773. The number of rotatable bonds is 8. The van der Waals surface area contributed by atoms with Crippen molar-refractivity contribution < 1.29 is 14.9 Å². The highest BCUT2D eigenvalue weighted by atomic mass is 16.2. The molecular weight excluding hydrogens is 338 g/mol. The fourth-order valence-corrected chi connectivity index (χ4v) is 3.03. The second-order valence-electron chi connectivity index (χ2n) is 7.54. The fraction of sp³-hybridized carbons (Fsp3) is 0.364. The van der Waals surface area contributed by atoms with E-state index < -0.39 is 5.91 Å². The molecule has 0 saturated heterocycles. The van der Waals surface area contributed by atoms with Gasteiger partial charge in [-0.15, -0.1) is 0 Å². The zero-order valence-corrected chi connectivity index (χ0v) is 16.5. The number of carbonyl (C=O) groups is 2. The standard InChI is InChI=1S/C22H29N3O2/c1-14(2)13-17-5-7-18(8-6-17)15(3)24-16(4)22(27)25-20-11-9-19(10-12-20)21(23)26/h5-12,14-16,24H,13H2,1-4H3,(H2,23,26)(H,25,27)/p+1/t15-,16+/m1/s1. The number of amides is 2. The Morgan fingerprint density at radius 1 is 0.963 bits per heavy atom. The lowest BCUT2D eigenvalue weighted by Gasteiger charge is -2.17. The molecule has 0 unspecified atom stereocenters. The predicted molar refractivity (Wildman–Crippen MR) is 108 cm³/mol. The first-order chi connectivity index (χ1) is 12.8. The molecule has 0 radical (unpaired) electrons. The molecule has 2 amide bonds. The number of nitrogens with one attached hydrogen (secondary N) is 1. The third-order valence-electron chi connectivity index (χ3n) is 4.58. The van der Waals surface area contributed by atoms with Crippen LogP contribution in [0.4, 0.5) is 5.69 Å². The van der Waals surface area contributed by atoms with Gasteiger partial charge in [-0.2, -0.15) is 0 Å². The van der Waals surface area contributed by atoms with Crippen molar-refractivity contribution in [2.75, 3.05) is 5.32 Å². The number of benzene rings is 2. The topological polar surface area (TPSA) is 88.8 Å². The summed E-state index contributed by atoms with van der Waals surface area (Å²) in [6.07, 6.45) is 1.08. The quantitative estimate of drug-likeness (QED) is 0.669. The molecule has 0 aromatic heterocycles. The van der Waals surface area contributed by atoms with Crippen LogP contribution >= 0.6 is 0 Å². The van der Waals surface area contributed by atoms with Gasteiger partial charge in [0.25, 0.3) is 5.91 Å². The summed E-state index contributed by atoms with van der Waals surface area (Å²) >= 11 is 0. The largest absolute Gasteiger partial charge is 0.366 e. The van der Waals surface area contributed by atoms with Gasteiger partial charge in [-0.25, -0.2) is 0 Å². The molecule has 0 fully saturated rings. The third-order valence-corrected chi connectivity index (χ3v) is 4.58. The van der Waals surface area contributed by atoms with Gasteiger partial charge >= 0.3 is 0 Å². The smallest absolute Gasteiger partial charge is 0.282 e. The van der Waals surface area contributed by atoms with Crippen molar-refractivity contribution in [1.82, 2.24) is 0 Å². The van der Waals surface area contributed by atoms with Crippen molar-refractivity contribution in [2.45, 2.75) is 46.2 Å². The van der Waals surface area contributed by atoms with E-state index in [1.165, 1.54) is 11.1 Å². The molecule has 5 N–H and O–H groups in total. The normalized spacial score (nSPS) is 13.2. The van der Waals surface area contributed by atoms with Gasteiger partial charge < -0.3 is 16.4 Å². The van der Waals surface area contributed by atoms with Gasteiger partial charge in [0.1, 0.15) is 6.04 Å². The minimum Gasteiger partial charge on any atom is -0.366 e. The molecule has 5 heteroatoms. The fourth-order valence-electron chi connectivity index (χ4n) is 3.03. The minimum absolute atomic E-state index is 0.0786.